The molecule has 0 unspecified atom stereocenters. The molecule has 0 saturated carbocycles. The summed E-state index contributed by atoms with van der Waals surface area (Å²) in [7, 11) is 0. The first kappa shape index (κ1) is 18.1. The van der Waals surface area contributed by atoms with Gasteiger partial charge in [-0.1, -0.05) is 39.7 Å². The molecule has 120 valence electrons. The molecule has 3 heteroatoms. The molecule has 0 bridgehead atoms. The quantitative estimate of drug-likeness (QED) is 0.590. The van der Waals surface area contributed by atoms with Crippen LogP contribution in [0.5, 0.6) is 0 Å². The Morgan fingerprint density at radius 2 is 1.62 bits per heavy atom. The van der Waals surface area contributed by atoms with Crippen LogP contribution in [0, 0.1) is 0 Å². The Balaban J connectivity index is 2.53. The van der Waals surface area contributed by atoms with E-state index in [9.17, 15) is 0 Å². The number of hydrogen-bond donors (Lipinski definition) is 1. The lowest BCUT2D eigenvalue weighted by Gasteiger charge is -2.21. The third-order valence-electron chi connectivity index (χ3n) is 3.64. The number of aromatic nitrogens is 1. The highest BCUT2D eigenvalue weighted by atomic mass is 15.1. The largest absolute Gasteiger partial charge is 0.311 e. The van der Waals surface area contributed by atoms with Gasteiger partial charge in [0.2, 0.25) is 0 Å². The minimum Gasteiger partial charge on any atom is -0.311 e. The van der Waals surface area contributed by atoms with Gasteiger partial charge in [-0.3, -0.25) is 9.88 Å². The van der Waals surface area contributed by atoms with Crippen LogP contribution in [0.1, 0.15) is 64.3 Å². The normalized spacial score (nSPS) is 11.2. The zero-order chi connectivity index (χ0) is 15.3. The van der Waals surface area contributed by atoms with E-state index in [1.165, 1.54) is 50.9 Å². The average molecular weight is 291 g/mol. The standard InChI is InChI=1S/C18H33N3/c1-4-7-13-21(14-8-5-2)16-18-11-9-10-17(20-18)15-19-12-6-3/h9-11,19H,4-8,12-16H2,1-3H3. The van der Waals surface area contributed by atoms with Gasteiger partial charge < -0.3 is 5.32 Å². The van der Waals surface area contributed by atoms with Gasteiger partial charge in [-0.25, -0.2) is 0 Å². The third-order valence-corrected chi connectivity index (χ3v) is 3.64. The number of nitrogens with one attached hydrogen (secondary N) is 1. The Hall–Kier alpha value is -0.930. The van der Waals surface area contributed by atoms with Crippen molar-refractivity contribution in [2.24, 2.45) is 0 Å². The fourth-order valence-corrected chi connectivity index (χ4v) is 2.37. The molecule has 1 N–H and O–H groups in total. The number of hydrogen-bond acceptors (Lipinski definition) is 3. The van der Waals surface area contributed by atoms with Crippen molar-refractivity contribution >= 4 is 0 Å². The predicted molar refractivity (Wildman–Crippen MR) is 91.3 cm³/mol. The first-order valence-corrected chi connectivity index (χ1v) is 8.68. The minimum absolute atomic E-state index is 0.881. The number of nitrogens with zero attached hydrogens (tertiary/aromatic N) is 2. The van der Waals surface area contributed by atoms with Gasteiger partial charge in [0.05, 0.1) is 11.4 Å². The molecule has 0 saturated heterocycles. The Morgan fingerprint density at radius 1 is 0.952 bits per heavy atom. The maximum atomic E-state index is 4.80. The van der Waals surface area contributed by atoms with Gasteiger partial charge in [-0.15, -0.1) is 0 Å². The summed E-state index contributed by atoms with van der Waals surface area (Å²) in [6, 6.07) is 6.42. The van der Waals surface area contributed by atoms with E-state index in [2.05, 4.69) is 49.2 Å². The van der Waals surface area contributed by atoms with Gasteiger partial charge in [0.1, 0.15) is 0 Å². The molecule has 0 aliphatic carbocycles. The smallest absolute Gasteiger partial charge is 0.0547 e. The lowest BCUT2D eigenvalue weighted by molar-refractivity contribution is 0.254. The van der Waals surface area contributed by atoms with Gasteiger partial charge in [-0.05, 0) is 51.0 Å². The van der Waals surface area contributed by atoms with Crippen LogP contribution in [-0.4, -0.2) is 29.5 Å². The highest BCUT2D eigenvalue weighted by Crippen LogP contribution is 2.07. The summed E-state index contributed by atoms with van der Waals surface area (Å²) in [4.78, 5) is 7.35. The van der Waals surface area contributed by atoms with Crippen molar-refractivity contribution in [3.8, 4) is 0 Å². The van der Waals surface area contributed by atoms with Crippen molar-refractivity contribution in [3.05, 3.63) is 29.6 Å². The Morgan fingerprint density at radius 3 is 2.24 bits per heavy atom. The highest BCUT2D eigenvalue weighted by molar-refractivity contribution is 5.11. The van der Waals surface area contributed by atoms with Crippen molar-refractivity contribution in [3.63, 3.8) is 0 Å². The molecule has 0 aliphatic heterocycles. The van der Waals surface area contributed by atoms with Crippen LogP contribution in [-0.2, 0) is 13.1 Å². The van der Waals surface area contributed by atoms with Crippen molar-refractivity contribution in [1.29, 1.82) is 0 Å². The van der Waals surface area contributed by atoms with Crippen LogP contribution in [0.4, 0.5) is 0 Å². The highest BCUT2D eigenvalue weighted by Gasteiger charge is 2.06. The summed E-state index contributed by atoms with van der Waals surface area (Å²) in [5.41, 5.74) is 2.37. The summed E-state index contributed by atoms with van der Waals surface area (Å²) < 4.78 is 0. The summed E-state index contributed by atoms with van der Waals surface area (Å²) >= 11 is 0. The second-order valence-electron chi connectivity index (χ2n) is 5.78. The first-order chi connectivity index (χ1) is 10.3. The van der Waals surface area contributed by atoms with Crippen LogP contribution in [0.2, 0.25) is 0 Å². The fraction of sp³-hybridized carbons (Fsp3) is 0.722. The number of rotatable bonds is 12. The van der Waals surface area contributed by atoms with Gasteiger partial charge in [0.25, 0.3) is 0 Å². The molecule has 1 aromatic heterocycles. The van der Waals surface area contributed by atoms with E-state index in [-0.39, 0.29) is 0 Å². The second kappa shape index (κ2) is 11.7. The maximum Gasteiger partial charge on any atom is 0.0547 e. The summed E-state index contributed by atoms with van der Waals surface area (Å²) in [5.74, 6) is 0. The fourth-order valence-electron chi connectivity index (χ4n) is 2.37. The number of pyridine rings is 1. The summed E-state index contributed by atoms with van der Waals surface area (Å²) in [6.45, 7) is 12.0. The maximum absolute atomic E-state index is 4.80. The molecule has 0 aromatic carbocycles. The minimum atomic E-state index is 0.881. The van der Waals surface area contributed by atoms with Gasteiger partial charge in [0.15, 0.2) is 0 Å². The molecule has 0 radical (unpaired) electrons. The Labute approximate surface area is 131 Å². The molecule has 1 heterocycles. The third kappa shape index (κ3) is 8.18. The van der Waals surface area contributed by atoms with Crippen LogP contribution in [0.25, 0.3) is 0 Å². The number of unbranched alkanes of at least 4 members (excludes halogenated alkanes) is 2. The average Bonchev–Trinajstić information content (AvgIpc) is 2.50. The molecule has 0 amide bonds. The topological polar surface area (TPSA) is 28.2 Å². The van der Waals surface area contributed by atoms with E-state index in [4.69, 9.17) is 4.98 Å². The SMILES string of the molecule is CCCCN(CCCC)Cc1cccc(CNCCC)n1. The van der Waals surface area contributed by atoms with E-state index in [0.717, 1.165) is 25.3 Å². The van der Waals surface area contributed by atoms with Gasteiger partial charge in [0, 0.05) is 13.1 Å². The molecular formula is C18H33N3. The molecular weight excluding hydrogens is 258 g/mol. The molecule has 0 fully saturated rings. The molecule has 0 aliphatic rings. The van der Waals surface area contributed by atoms with Crippen LogP contribution < -0.4 is 5.32 Å². The van der Waals surface area contributed by atoms with E-state index >= 15 is 0 Å². The van der Waals surface area contributed by atoms with E-state index in [1.807, 2.05) is 0 Å². The van der Waals surface area contributed by atoms with Crippen molar-refractivity contribution in [2.45, 2.75) is 66.0 Å². The molecule has 1 aromatic rings. The summed E-state index contributed by atoms with van der Waals surface area (Å²) in [6.07, 6.45) is 6.25. The monoisotopic (exact) mass is 291 g/mol. The first-order valence-electron chi connectivity index (χ1n) is 8.68. The second-order valence-corrected chi connectivity index (χ2v) is 5.78. The van der Waals surface area contributed by atoms with Gasteiger partial charge >= 0.3 is 0 Å². The van der Waals surface area contributed by atoms with Crippen molar-refractivity contribution in [2.75, 3.05) is 19.6 Å². The molecule has 3 nitrogen and oxygen atoms in total. The Bertz CT molecular complexity index is 357. The van der Waals surface area contributed by atoms with Crippen LogP contribution in [0.15, 0.2) is 18.2 Å². The van der Waals surface area contributed by atoms with Crippen molar-refractivity contribution in [1.82, 2.24) is 15.2 Å². The zero-order valence-corrected chi connectivity index (χ0v) is 14.2. The summed E-state index contributed by atoms with van der Waals surface area (Å²) in [5, 5.41) is 3.42. The van der Waals surface area contributed by atoms with E-state index < -0.39 is 0 Å². The molecule has 0 spiro atoms. The van der Waals surface area contributed by atoms with E-state index in [1.54, 1.807) is 0 Å². The van der Waals surface area contributed by atoms with Crippen LogP contribution >= 0.6 is 0 Å². The molecule has 0 atom stereocenters. The Kier molecular flexibility index (Phi) is 10.1. The lowest BCUT2D eigenvalue weighted by atomic mass is 10.2. The van der Waals surface area contributed by atoms with E-state index in [0.29, 0.717) is 0 Å². The van der Waals surface area contributed by atoms with Crippen molar-refractivity contribution < 1.29 is 0 Å². The lowest BCUT2D eigenvalue weighted by Crippen LogP contribution is -2.26. The zero-order valence-electron chi connectivity index (χ0n) is 14.2. The predicted octanol–water partition coefficient (Wildman–Crippen LogP) is 3.98. The van der Waals surface area contributed by atoms with Gasteiger partial charge in [-0.2, -0.15) is 0 Å². The van der Waals surface area contributed by atoms with Crippen LogP contribution in [0.3, 0.4) is 0 Å². The molecule has 1 rings (SSSR count). The molecule has 21 heavy (non-hydrogen) atoms.